The summed E-state index contributed by atoms with van der Waals surface area (Å²) in [5.41, 5.74) is 1.39. The van der Waals surface area contributed by atoms with Gasteiger partial charge in [-0.15, -0.1) is 0 Å². The number of hydrogen-bond acceptors (Lipinski definition) is 3. The van der Waals surface area contributed by atoms with E-state index in [1.54, 1.807) is 24.3 Å². The molecule has 1 aliphatic carbocycles. The third-order valence-electron chi connectivity index (χ3n) is 4.67. The van der Waals surface area contributed by atoms with Gasteiger partial charge in [0.1, 0.15) is 0 Å². The van der Waals surface area contributed by atoms with Crippen molar-refractivity contribution < 1.29 is 14.3 Å². The molecule has 2 amide bonds. The van der Waals surface area contributed by atoms with Crippen molar-refractivity contribution in [3.63, 3.8) is 0 Å². The van der Waals surface area contributed by atoms with Crippen molar-refractivity contribution in [1.29, 1.82) is 0 Å². The highest BCUT2D eigenvalue weighted by Crippen LogP contribution is 2.37. The summed E-state index contributed by atoms with van der Waals surface area (Å²) in [6.07, 6.45) is 2.38. The molecule has 5 heteroatoms. The number of anilines is 1. The number of morpholine rings is 1. The van der Waals surface area contributed by atoms with Gasteiger partial charge < -0.3 is 15.0 Å². The standard InChI is InChI=1S/C18H24N2O3/c1-12-11-20(9-10-23-12)18(22)15-5-7-16(8-6-15)19-17(21)13(2)14-3-4-14/h5-8,12-14H,3-4,9-11H2,1-2H3,(H,19,21). The fraction of sp³-hybridized carbons (Fsp3) is 0.556. The average molecular weight is 316 g/mol. The van der Waals surface area contributed by atoms with Crippen LogP contribution in [0.15, 0.2) is 24.3 Å². The van der Waals surface area contributed by atoms with Crippen LogP contribution in [0.1, 0.15) is 37.0 Å². The van der Waals surface area contributed by atoms with Crippen LogP contribution in [0.25, 0.3) is 0 Å². The summed E-state index contributed by atoms with van der Waals surface area (Å²) in [4.78, 5) is 26.4. The van der Waals surface area contributed by atoms with Crippen molar-refractivity contribution in [2.24, 2.45) is 11.8 Å². The van der Waals surface area contributed by atoms with Crippen LogP contribution in [0.5, 0.6) is 0 Å². The van der Waals surface area contributed by atoms with Gasteiger partial charge in [-0.25, -0.2) is 0 Å². The summed E-state index contributed by atoms with van der Waals surface area (Å²) in [6.45, 7) is 5.78. The number of carbonyl (C=O) groups excluding carboxylic acids is 2. The maximum Gasteiger partial charge on any atom is 0.254 e. The second-order valence-corrected chi connectivity index (χ2v) is 6.63. The van der Waals surface area contributed by atoms with E-state index in [4.69, 9.17) is 4.74 Å². The number of rotatable bonds is 4. The van der Waals surface area contributed by atoms with E-state index >= 15 is 0 Å². The minimum atomic E-state index is 0.0179. The third kappa shape index (κ3) is 3.91. The molecule has 2 aliphatic rings. The molecule has 1 aromatic carbocycles. The highest BCUT2D eigenvalue weighted by molar-refractivity contribution is 5.96. The smallest absolute Gasteiger partial charge is 0.254 e. The second kappa shape index (κ2) is 6.71. The minimum absolute atomic E-state index is 0.0179. The summed E-state index contributed by atoms with van der Waals surface area (Å²) in [5, 5.41) is 2.93. The van der Waals surface area contributed by atoms with Gasteiger partial charge in [-0.05, 0) is 49.9 Å². The minimum Gasteiger partial charge on any atom is -0.375 e. The zero-order valence-electron chi connectivity index (χ0n) is 13.7. The molecule has 2 atom stereocenters. The maximum atomic E-state index is 12.5. The van der Waals surface area contributed by atoms with Crippen LogP contribution >= 0.6 is 0 Å². The predicted octanol–water partition coefficient (Wildman–Crippen LogP) is 2.53. The Morgan fingerprint density at radius 2 is 1.96 bits per heavy atom. The molecule has 0 radical (unpaired) electrons. The molecule has 2 unspecified atom stereocenters. The van der Waals surface area contributed by atoms with Gasteiger partial charge in [0.2, 0.25) is 5.91 Å². The molecular formula is C18H24N2O3. The first-order valence-corrected chi connectivity index (χ1v) is 8.36. The molecule has 2 fully saturated rings. The Morgan fingerprint density at radius 3 is 2.57 bits per heavy atom. The number of nitrogens with one attached hydrogen (secondary N) is 1. The third-order valence-corrected chi connectivity index (χ3v) is 4.67. The summed E-state index contributed by atoms with van der Waals surface area (Å²) in [6, 6.07) is 7.16. The summed E-state index contributed by atoms with van der Waals surface area (Å²) in [7, 11) is 0. The van der Waals surface area contributed by atoms with Crippen LogP contribution in [-0.2, 0) is 9.53 Å². The van der Waals surface area contributed by atoms with E-state index in [2.05, 4.69) is 5.32 Å². The summed E-state index contributed by atoms with van der Waals surface area (Å²) < 4.78 is 5.46. The van der Waals surface area contributed by atoms with Gasteiger partial charge in [-0.3, -0.25) is 9.59 Å². The van der Waals surface area contributed by atoms with Crippen LogP contribution in [0.2, 0.25) is 0 Å². The monoisotopic (exact) mass is 316 g/mol. The highest BCUT2D eigenvalue weighted by atomic mass is 16.5. The van der Waals surface area contributed by atoms with E-state index in [0.717, 1.165) is 18.5 Å². The molecule has 1 saturated heterocycles. The first kappa shape index (κ1) is 16.0. The number of carbonyl (C=O) groups is 2. The zero-order chi connectivity index (χ0) is 16.4. The van der Waals surface area contributed by atoms with Crippen molar-refractivity contribution in [3.05, 3.63) is 29.8 Å². The molecule has 124 valence electrons. The fourth-order valence-electron chi connectivity index (χ4n) is 2.95. The lowest BCUT2D eigenvalue weighted by Gasteiger charge is -2.31. The van der Waals surface area contributed by atoms with Crippen LogP contribution in [-0.4, -0.2) is 42.5 Å². The van der Waals surface area contributed by atoms with Gasteiger partial charge in [0, 0.05) is 30.3 Å². The molecule has 1 N–H and O–H groups in total. The molecule has 23 heavy (non-hydrogen) atoms. The largest absolute Gasteiger partial charge is 0.375 e. The average Bonchev–Trinajstić information content (AvgIpc) is 3.39. The van der Waals surface area contributed by atoms with Gasteiger partial charge in [0.25, 0.3) is 5.91 Å². The van der Waals surface area contributed by atoms with Crippen LogP contribution in [0, 0.1) is 11.8 Å². The fourth-order valence-corrected chi connectivity index (χ4v) is 2.95. The Kier molecular flexibility index (Phi) is 4.66. The van der Waals surface area contributed by atoms with E-state index in [9.17, 15) is 9.59 Å². The van der Waals surface area contributed by atoms with Crippen molar-refractivity contribution >= 4 is 17.5 Å². The first-order valence-electron chi connectivity index (χ1n) is 8.36. The number of nitrogens with zero attached hydrogens (tertiary/aromatic N) is 1. The Morgan fingerprint density at radius 1 is 1.26 bits per heavy atom. The van der Waals surface area contributed by atoms with Crippen LogP contribution < -0.4 is 5.32 Å². The molecule has 0 spiro atoms. The lowest BCUT2D eigenvalue weighted by Crippen LogP contribution is -2.44. The van der Waals surface area contributed by atoms with Crippen LogP contribution in [0.4, 0.5) is 5.69 Å². The van der Waals surface area contributed by atoms with E-state index in [-0.39, 0.29) is 23.8 Å². The SMILES string of the molecule is CC1CN(C(=O)c2ccc(NC(=O)C(C)C3CC3)cc2)CCO1. The summed E-state index contributed by atoms with van der Waals surface area (Å²) in [5.74, 6) is 0.684. The maximum absolute atomic E-state index is 12.5. The molecule has 0 aromatic heterocycles. The predicted molar refractivity (Wildman–Crippen MR) is 88.3 cm³/mol. The molecule has 0 bridgehead atoms. The number of amides is 2. The van der Waals surface area contributed by atoms with Crippen molar-refractivity contribution in [3.8, 4) is 0 Å². The molecule has 5 nitrogen and oxygen atoms in total. The lowest BCUT2D eigenvalue weighted by molar-refractivity contribution is -0.119. The number of benzene rings is 1. The summed E-state index contributed by atoms with van der Waals surface area (Å²) >= 11 is 0. The molecule has 1 saturated carbocycles. The van der Waals surface area contributed by atoms with E-state index < -0.39 is 0 Å². The highest BCUT2D eigenvalue weighted by Gasteiger charge is 2.32. The Labute approximate surface area is 137 Å². The Balaban J connectivity index is 1.60. The van der Waals surface area contributed by atoms with E-state index in [1.807, 2.05) is 18.7 Å². The van der Waals surface area contributed by atoms with E-state index in [1.165, 1.54) is 0 Å². The zero-order valence-corrected chi connectivity index (χ0v) is 13.7. The van der Waals surface area contributed by atoms with Gasteiger partial charge in [0.05, 0.1) is 12.7 Å². The molecule has 1 aromatic rings. The molecule has 1 heterocycles. The van der Waals surface area contributed by atoms with Gasteiger partial charge in [-0.1, -0.05) is 6.92 Å². The van der Waals surface area contributed by atoms with Gasteiger partial charge in [0.15, 0.2) is 0 Å². The Bertz CT molecular complexity index is 580. The Hall–Kier alpha value is -1.88. The normalized spacial score (nSPS) is 22.5. The van der Waals surface area contributed by atoms with Crippen molar-refractivity contribution in [2.75, 3.05) is 25.0 Å². The molecule has 3 rings (SSSR count). The first-order chi connectivity index (χ1) is 11.0. The topological polar surface area (TPSA) is 58.6 Å². The molecule has 1 aliphatic heterocycles. The second-order valence-electron chi connectivity index (χ2n) is 6.63. The van der Waals surface area contributed by atoms with Gasteiger partial charge >= 0.3 is 0 Å². The van der Waals surface area contributed by atoms with Crippen molar-refractivity contribution in [2.45, 2.75) is 32.8 Å². The van der Waals surface area contributed by atoms with Crippen molar-refractivity contribution in [1.82, 2.24) is 4.90 Å². The quantitative estimate of drug-likeness (QED) is 0.928. The van der Waals surface area contributed by atoms with E-state index in [0.29, 0.717) is 31.2 Å². The molecular weight excluding hydrogens is 292 g/mol. The van der Waals surface area contributed by atoms with Crippen LogP contribution in [0.3, 0.4) is 0 Å². The lowest BCUT2D eigenvalue weighted by atomic mass is 10.1. The van der Waals surface area contributed by atoms with Gasteiger partial charge in [-0.2, -0.15) is 0 Å². The number of hydrogen-bond donors (Lipinski definition) is 1. The number of ether oxygens (including phenoxy) is 1.